The Balaban J connectivity index is 2.68. The molecule has 0 radical (unpaired) electrons. The summed E-state index contributed by atoms with van der Waals surface area (Å²) in [5, 5.41) is 8.97. The summed E-state index contributed by atoms with van der Waals surface area (Å²) in [4.78, 5) is 10.9. The number of aromatic carboxylic acids is 1. The molecule has 0 saturated heterocycles. The van der Waals surface area contributed by atoms with Crippen molar-refractivity contribution in [2.75, 3.05) is 20.6 Å². The zero-order valence-electron chi connectivity index (χ0n) is 10.3. The Morgan fingerprint density at radius 2 is 1.94 bits per heavy atom. The minimum Gasteiger partial charge on any atom is -0.478 e. The van der Waals surface area contributed by atoms with Crippen LogP contribution in [-0.4, -0.2) is 44.4 Å². The maximum Gasteiger partial charge on any atom is 0.335 e. The molecule has 0 heterocycles. The molecule has 0 unspecified atom stereocenters. The van der Waals surface area contributed by atoms with Gasteiger partial charge >= 0.3 is 5.97 Å². The van der Waals surface area contributed by atoms with Crippen molar-refractivity contribution in [3.63, 3.8) is 0 Å². The summed E-state index contributed by atoms with van der Waals surface area (Å²) in [7, 11) is -0.617. The Morgan fingerprint density at radius 3 is 2.50 bits per heavy atom. The van der Waals surface area contributed by atoms with E-state index in [1.807, 2.05) is 0 Å². The molecule has 0 amide bonds. The van der Waals surface area contributed by atoms with E-state index in [1.165, 1.54) is 20.2 Å². The molecule has 0 aliphatic heterocycles. The van der Waals surface area contributed by atoms with E-state index >= 15 is 0 Å². The summed E-state index contributed by atoms with van der Waals surface area (Å²) < 4.78 is 26.3. The summed E-state index contributed by atoms with van der Waals surface area (Å²) in [6, 6.07) is 6.53. The van der Waals surface area contributed by atoms with Crippen molar-refractivity contribution >= 4 is 16.2 Å². The van der Waals surface area contributed by atoms with Crippen LogP contribution in [0.15, 0.2) is 24.3 Å². The first-order valence-electron chi connectivity index (χ1n) is 5.33. The Hall–Kier alpha value is -1.44. The van der Waals surface area contributed by atoms with Crippen molar-refractivity contribution in [2.24, 2.45) is 0 Å². The van der Waals surface area contributed by atoms with E-state index in [1.54, 1.807) is 18.2 Å². The van der Waals surface area contributed by atoms with Gasteiger partial charge in [-0.2, -0.15) is 12.7 Å². The highest BCUT2D eigenvalue weighted by Crippen LogP contribution is 2.09. The van der Waals surface area contributed by atoms with Gasteiger partial charge in [0.2, 0.25) is 0 Å². The van der Waals surface area contributed by atoms with Gasteiger partial charge in [-0.05, 0) is 18.1 Å². The van der Waals surface area contributed by atoms with Crippen molar-refractivity contribution < 1.29 is 18.3 Å². The summed E-state index contributed by atoms with van der Waals surface area (Å²) in [5.41, 5.74) is 0.799. The number of rotatable bonds is 6. The van der Waals surface area contributed by atoms with Crippen LogP contribution in [0.2, 0.25) is 0 Å². The first-order chi connectivity index (χ1) is 8.34. The molecule has 0 saturated carbocycles. The molecule has 0 aliphatic carbocycles. The highest BCUT2D eigenvalue weighted by Gasteiger charge is 2.13. The normalized spacial score (nSPS) is 11.7. The largest absolute Gasteiger partial charge is 0.478 e. The molecule has 1 aromatic carbocycles. The van der Waals surface area contributed by atoms with Gasteiger partial charge in [0.25, 0.3) is 10.2 Å². The molecule has 100 valence electrons. The molecule has 0 aromatic heterocycles. The third kappa shape index (κ3) is 3.80. The number of hydrogen-bond donors (Lipinski definition) is 2. The Labute approximate surface area is 106 Å². The monoisotopic (exact) mass is 272 g/mol. The van der Waals surface area contributed by atoms with Crippen LogP contribution in [0.3, 0.4) is 0 Å². The summed E-state index contributed by atoms with van der Waals surface area (Å²) in [6.07, 6.45) is 0.329. The number of nitrogens with one attached hydrogen (secondary N) is 1. The van der Waals surface area contributed by atoms with E-state index in [-0.39, 0.29) is 12.1 Å². The van der Waals surface area contributed by atoms with E-state index in [4.69, 9.17) is 5.11 Å². The second kappa shape index (κ2) is 5.94. The molecule has 0 atom stereocenters. The Kier molecular flexibility index (Phi) is 4.83. The Bertz CT molecular complexity index is 526. The van der Waals surface area contributed by atoms with Crippen molar-refractivity contribution in [2.45, 2.75) is 6.42 Å². The fourth-order valence-corrected chi connectivity index (χ4v) is 2.01. The maximum absolute atomic E-state index is 11.4. The number of carboxylic acid groups (broad SMARTS) is 1. The van der Waals surface area contributed by atoms with Crippen LogP contribution >= 0.6 is 0 Å². The highest BCUT2D eigenvalue weighted by molar-refractivity contribution is 7.87. The molecule has 2 N–H and O–H groups in total. The minimum atomic E-state index is -3.47. The summed E-state index contributed by atoms with van der Waals surface area (Å²) in [5.74, 6) is -1.01. The Morgan fingerprint density at radius 1 is 1.33 bits per heavy atom. The van der Waals surface area contributed by atoms with Gasteiger partial charge in [-0.15, -0.1) is 0 Å². The van der Waals surface area contributed by atoms with E-state index in [0.29, 0.717) is 12.0 Å². The van der Waals surface area contributed by atoms with E-state index < -0.39 is 16.2 Å². The SMILES string of the molecule is CN(C)S(=O)(=O)NCCc1ccccc1C(=O)O. The van der Waals surface area contributed by atoms with Crippen molar-refractivity contribution in [1.29, 1.82) is 0 Å². The van der Waals surface area contributed by atoms with Crippen molar-refractivity contribution in [1.82, 2.24) is 9.03 Å². The van der Waals surface area contributed by atoms with Gasteiger partial charge in [0.15, 0.2) is 0 Å². The molecule has 0 fully saturated rings. The minimum absolute atomic E-state index is 0.158. The molecule has 0 aliphatic rings. The van der Waals surface area contributed by atoms with E-state index in [9.17, 15) is 13.2 Å². The second-order valence-electron chi connectivity index (χ2n) is 3.89. The number of benzene rings is 1. The predicted octanol–water partition coefficient (Wildman–Crippen LogP) is 0.323. The third-order valence-electron chi connectivity index (χ3n) is 2.41. The van der Waals surface area contributed by atoms with Crippen LogP contribution in [0.4, 0.5) is 0 Å². The van der Waals surface area contributed by atoms with Gasteiger partial charge in [-0.3, -0.25) is 0 Å². The molecule has 1 rings (SSSR count). The molecular formula is C11H16N2O4S. The topological polar surface area (TPSA) is 86.7 Å². The number of carbonyl (C=O) groups is 1. The third-order valence-corrected chi connectivity index (χ3v) is 3.94. The predicted molar refractivity (Wildman–Crippen MR) is 67.7 cm³/mol. The maximum atomic E-state index is 11.4. The lowest BCUT2D eigenvalue weighted by Gasteiger charge is -2.12. The van der Waals surface area contributed by atoms with Crippen LogP contribution in [0.25, 0.3) is 0 Å². The van der Waals surface area contributed by atoms with Gasteiger partial charge in [-0.25, -0.2) is 9.52 Å². The average molecular weight is 272 g/mol. The highest BCUT2D eigenvalue weighted by atomic mass is 32.2. The second-order valence-corrected chi connectivity index (χ2v) is 5.86. The van der Waals surface area contributed by atoms with Gasteiger partial charge in [0, 0.05) is 20.6 Å². The van der Waals surface area contributed by atoms with Gasteiger partial charge in [0.05, 0.1) is 5.56 Å². The summed E-state index contributed by atoms with van der Waals surface area (Å²) in [6.45, 7) is 0.158. The van der Waals surface area contributed by atoms with Crippen molar-refractivity contribution in [3.05, 3.63) is 35.4 Å². The van der Waals surface area contributed by atoms with Gasteiger partial charge < -0.3 is 5.11 Å². The lowest BCUT2D eigenvalue weighted by molar-refractivity contribution is 0.0695. The standard InChI is InChI=1S/C11H16N2O4S/c1-13(2)18(16,17)12-8-7-9-5-3-4-6-10(9)11(14)15/h3-6,12H,7-8H2,1-2H3,(H,14,15). The first-order valence-corrected chi connectivity index (χ1v) is 6.77. The smallest absolute Gasteiger partial charge is 0.335 e. The zero-order valence-corrected chi connectivity index (χ0v) is 11.1. The quantitative estimate of drug-likeness (QED) is 0.781. The average Bonchev–Trinajstić information content (AvgIpc) is 2.29. The van der Waals surface area contributed by atoms with Crippen molar-refractivity contribution in [3.8, 4) is 0 Å². The van der Waals surface area contributed by atoms with Crippen LogP contribution < -0.4 is 4.72 Å². The lowest BCUT2D eigenvalue weighted by atomic mass is 10.1. The number of carboxylic acids is 1. The van der Waals surface area contributed by atoms with E-state index in [2.05, 4.69) is 4.72 Å². The van der Waals surface area contributed by atoms with Gasteiger partial charge in [0.1, 0.15) is 0 Å². The number of nitrogens with zero attached hydrogens (tertiary/aromatic N) is 1. The fraction of sp³-hybridized carbons (Fsp3) is 0.364. The van der Waals surface area contributed by atoms with Crippen LogP contribution in [0, 0.1) is 0 Å². The van der Waals surface area contributed by atoms with Gasteiger partial charge in [-0.1, -0.05) is 18.2 Å². The van der Waals surface area contributed by atoms with Crippen LogP contribution in [0.1, 0.15) is 15.9 Å². The molecule has 1 aromatic rings. The summed E-state index contributed by atoms with van der Waals surface area (Å²) >= 11 is 0. The lowest BCUT2D eigenvalue weighted by Crippen LogP contribution is -2.36. The molecule has 0 spiro atoms. The molecule has 6 nitrogen and oxygen atoms in total. The van der Waals surface area contributed by atoms with E-state index in [0.717, 1.165) is 4.31 Å². The zero-order chi connectivity index (χ0) is 13.8. The van der Waals surface area contributed by atoms with Crippen LogP contribution in [0.5, 0.6) is 0 Å². The van der Waals surface area contributed by atoms with Crippen LogP contribution in [-0.2, 0) is 16.6 Å². The first kappa shape index (κ1) is 14.6. The molecule has 0 bridgehead atoms. The molecular weight excluding hydrogens is 256 g/mol. The molecule has 18 heavy (non-hydrogen) atoms. The number of hydrogen-bond acceptors (Lipinski definition) is 3. The molecule has 7 heteroatoms. The fourth-order valence-electron chi connectivity index (χ4n) is 1.39.